The van der Waals surface area contributed by atoms with Crippen LogP contribution in [0.25, 0.3) is 0 Å². The van der Waals surface area contributed by atoms with Crippen LogP contribution in [-0.2, 0) is 6.18 Å². The summed E-state index contributed by atoms with van der Waals surface area (Å²) in [5.41, 5.74) is -0.767. The van der Waals surface area contributed by atoms with Crippen LogP contribution in [0.3, 0.4) is 0 Å². The Hall–Kier alpha value is 1.00. The fourth-order valence-corrected chi connectivity index (χ4v) is 4.82. The minimum Gasteiger partial charge on any atom is -0.506 e. The molecule has 0 unspecified atom stereocenters. The molecule has 0 aromatic heterocycles. The maximum atomic E-state index is 12.5. The van der Waals surface area contributed by atoms with Gasteiger partial charge in [0.15, 0.2) is 0 Å². The largest absolute Gasteiger partial charge is 0.506 e. The first-order chi connectivity index (χ1) is 6.25. The van der Waals surface area contributed by atoms with Gasteiger partial charge >= 0.3 is 6.18 Å². The third kappa shape index (κ3) is 2.57. The average Bonchev–Trinajstić information content (AvgIpc) is 1.97. The number of phenols is 1. The first-order valence-corrected chi connectivity index (χ1v) is 6.42. The van der Waals surface area contributed by atoms with Crippen LogP contribution in [0.15, 0.2) is 6.07 Å². The molecule has 7 heteroatoms. The van der Waals surface area contributed by atoms with Gasteiger partial charge in [0.25, 0.3) is 0 Å². The van der Waals surface area contributed by atoms with Crippen molar-refractivity contribution in [3.63, 3.8) is 0 Å². The second-order valence-electron chi connectivity index (χ2n) is 2.38. The van der Waals surface area contributed by atoms with Crippen molar-refractivity contribution in [1.82, 2.24) is 0 Å². The van der Waals surface area contributed by atoms with Crippen molar-refractivity contribution in [2.24, 2.45) is 0 Å². The molecule has 0 saturated carbocycles. The molecule has 0 aliphatic heterocycles. The Kier molecular flexibility index (Phi) is 4.17. The molecular formula is C7H2F3I3O. The third-order valence-electron chi connectivity index (χ3n) is 1.43. The number of hydrogen-bond acceptors (Lipinski definition) is 1. The van der Waals surface area contributed by atoms with E-state index < -0.39 is 11.7 Å². The van der Waals surface area contributed by atoms with Gasteiger partial charge in [0.05, 0.1) is 12.7 Å². The Balaban J connectivity index is 3.53. The molecule has 1 aromatic rings. The maximum Gasteiger partial charge on any atom is 0.418 e. The number of benzene rings is 1. The van der Waals surface area contributed by atoms with Gasteiger partial charge in [0, 0.05) is 3.57 Å². The van der Waals surface area contributed by atoms with Crippen LogP contribution in [0.4, 0.5) is 13.2 Å². The minimum absolute atomic E-state index is 0.0988. The number of phenolic OH excluding ortho intramolecular Hbond substituents is 1. The number of hydrogen-bond donors (Lipinski definition) is 1. The highest BCUT2D eigenvalue weighted by molar-refractivity contribution is 14.1. The molecule has 1 aromatic carbocycles. The number of alkyl halides is 3. The predicted molar refractivity (Wildman–Crippen MR) is 71.3 cm³/mol. The van der Waals surface area contributed by atoms with Gasteiger partial charge in [-0.3, -0.25) is 0 Å². The SMILES string of the molecule is Oc1c(I)cc(I)c(C(F)(F)F)c1I. The monoisotopic (exact) mass is 540 g/mol. The Labute approximate surface area is 119 Å². The molecular weight excluding hydrogens is 538 g/mol. The second kappa shape index (κ2) is 4.47. The molecule has 0 bridgehead atoms. The number of halogens is 6. The van der Waals surface area contributed by atoms with Gasteiger partial charge in [-0.2, -0.15) is 13.2 Å². The second-order valence-corrected chi connectivity index (χ2v) is 5.78. The van der Waals surface area contributed by atoms with Crippen LogP contribution >= 0.6 is 67.8 Å². The molecule has 0 radical (unpaired) electrons. The first-order valence-electron chi connectivity index (χ1n) is 3.18. The van der Waals surface area contributed by atoms with Crippen LogP contribution < -0.4 is 0 Å². The molecule has 78 valence electrons. The van der Waals surface area contributed by atoms with E-state index in [1.54, 1.807) is 45.2 Å². The van der Waals surface area contributed by atoms with E-state index >= 15 is 0 Å². The van der Waals surface area contributed by atoms with Crippen LogP contribution in [0.5, 0.6) is 5.75 Å². The molecule has 0 amide bonds. The molecule has 0 aliphatic carbocycles. The zero-order valence-electron chi connectivity index (χ0n) is 6.29. The summed E-state index contributed by atoms with van der Waals surface area (Å²) in [6, 6.07) is 1.31. The molecule has 0 spiro atoms. The molecule has 0 heterocycles. The van der Waals surface area contributed by atoms with Gasteiger partial charge in [-0.1, -0.05) is 0 Å². The van der Waals surface area contributed by atoms with Crippen molar-refractivity contribution in [3.05, 3.63) is 22.3 Å². The zero-order valence-corrected chi connectivity index (χ0v) is 12.8. The summed E-state index contributed by atoms with van der Waals surface area (Å²) >= 11 is 4.91. The standard InChI is InChI=1S/C7H2F3I3O/c8-7(9,10)4-2(11)1-3(12)6(14)5(4)13/h1,14H. The molecule has 0 aliphatic rings. The van der Waals surface area contributed by atoms with Crippen LogP contribution in [0.1, 0.15) is 5.56 Å². The lowest BCUT2D eigenvalue weighted by Crippen LogP contribution is -2.10. The fourth-order valence-electron chi connectivity index (χ4n) is 0.840. The lowest BCUT2D eigenvalue weighted by atomic mass is 10.2. The zero-order chi connectivity index (χ0) is 11.1. The third-order valence-corrected chi connectivity index (χ3v) is 4.15. The molecule has 1 nitrogen and oxygen atoms in total. The summed E-state index contributed by atoms with van der Waals surface area (Å²) in [5.74, 6) is -0.307. The first kappa shape index (κ1) is 13.1. The van der Waals surface area contributed by atoms with E-state index in [-0.39, 0.29) is 12.9 Å². The molecule has 1 rings (SSSR count). The Morgan fingerprint density at radius 1 is 1.07 bits per heavy atom. The van der Waals surface area contributed by atoms with Gasteiger partial charge in [-0.25, -0.2) is 0 Å². The number of rotatable bonds is 0. The maximum absolute atomic E-state index is 12.5. The van der Waals surface area contributed by atoms with E-state index in [0.29, 0.717) is 3.57 Å². The predicted octanol–water partition coefficient (Wildman–Crippen LogP) is 4.22. The van der Waals surface area contributed by atoms with E-state index in [4.69, 9.17) is 0 Å². The van der Waals surface area contributed by atoms with Gasteiger partial charge in [-0.15, -0.1) is 0 Å². The summed E-state index contributed by atoms with van der Waals surface area (Å²) in [6.07, 6.45) is -4.42. The number of aromatic hydroxyl groups is 1. The summed E-state index contributed by atoms with van der Waals surface area (Å²) in [7, 11) is 0. The topological polar surface area (TPSA) is 20.2 Å². The van der Waals surface area contributed by atoms with E-state index in [1.165, 1.54) is 28.7 Å². The highest BCUT2D eigenvalue weighted by Gasteiger charge is 2.37. The minimum atomic E-state index is -4.42. The molecule has 0 fully saturated rings. The smallest absolute Gasteiger partial charge is 0.418 e. The lowest BCUT2D eigenvalue weighted by Gasteiger charge is -2.13. The summed E-state index contributed by atoms with van der Waals surface area (Å²) < 4.78 is 37.9. The van der Waals surface area contributed by atoms with E-state index in [9.17, 15) is 18.3 Å². The van der Waals surface area contributed by atoms with Crippen molar-refractivity contribution >= 4 is 67.8 Å². The van der Waals surface area contributed by atoms with E-state index in [2.05, 4.69) is 0 Å². The summed E-state index contributed by atoms with van der Waals surface area (Å²) in [6.45, 7) is 0. The van der Waals surface area contributed by atoms with Crippen LogP contribution in [-0.4, -0.2) is 5.11 Å². The molecule has 1 N–H and O–H groups in total. The Morgan fingerprint density at radius 3 is 2.00 bits per heavy atom. The van der Waals surface area contributed by atoms with Crippen molar-refractivity contribution in [3.8, 4) is 5.75 Å². The summed E-state index contributed by atoms with van der Waals surface area (Å²) in [5, 5.41) is 9.36. The van der Waals surface area contributed by atoms with Gasteiger partial charge in [0.1, 0.15) is 5.75 Å². The lowest BCUT2D eigenvalue weighted by molar-refractivity contribution is -0.139. The quantitative estimate of drug-likeness (QED) is 0.490. The van der Waals surface area contributed by atoms with Gasteiger partial charge < -0.3 is 5.11 Å². The normalized spacial score (nSPS) is 11.9. The molecule has 14 heavy (non-hydrogen) atoms. The van der Waals surface area contributed by atoms with Crippen LogP contribution in [0.2, 0.25) is 0 Å². The van der Waals surface area contributed by atoms with E-state index in [0.717, 1.165) is 0 Å². The molecule has 0 saturated heterocycles. The van der Waals surface area contributed by atoms with Crippen molar-refractivity contribution in [1.29, 1.82) is 0 Å². The highest BCUT2D eigenvalue weighted by Crippen LogP contribution is 2.41. The Morgan fingerprint density at radius 2 is 1.57 bits per heavy atom. The van der Waals surface area contributed by atoms with E-state index in [1.807, 2.05) is 0 Å². The van der Waals surface area contributed by atoms with Crippen LogP contribution in [0, 0.1) is 10.7 Å². The Bertz CT molecular complexity index is 375. The van der Waals surface area contributed by atoms with Crippen molar-refractivity contribution in [2.45, 2.75) is 6.18 Å². The summed E-state index contributed by atoms with van der Waals surface area (Å²) in [4.78, 5) is 0. The van der Waals surface area contributed by atoms with Crippen molar-refractivity contribution < 1.29 is 18.3 Å². The highest BCUT2D eigenvalue weighted by atomic mass is 127. The van der Waals surface area contributed by atoms with Gasteiger partial charge in [0.2, 0.25) is 0 Å². The molecule has 0 atom stereocenters. The average molecular weight is 540 g/mol. The van der Waals surface area contributed by atoms with Crippen molar-refractivity contribution in [2.75, 3.05) is 0 Å². The fraction of sp³-hybridized carbons (Fsp3) is 0.143. The van der Waals surface area contributed by atoms with Gasteiger partial charge in [-0.05, 0) is 73.8 Å².